The molecule has 0 aliphatic heterocycles. The monoisotopic (exact) mass is 235 g/mol. The average Bonchev–Trinajstić information content (AvgIpc) is 2.79. The van der Waals surface area contributed by atoms with Crippen molar-refractivity contribution in [3.8, 4) is 6.07 Å². The lowest BCUT2D eigenvalue weighted by atomic mass is 9.83. The lowest BCUT2D eigenvalue weighted by Crippen LogP contribution is -2.25. The van der Waals surface area contributed by atoms with Gasteiger partial charge >= 0.3 is 0 Å². The highest BCUT2D eigenvalue weighted by molar-refractivity contribution is 7.99. The van der Waals surface area contributed by atoms with Gasteiger partial charge in [0.2, 0.25) is 0 Å². The van der Waals surface area contributed by atoms with Crippen LogP contribution in [0.5, 0.6) is 0 Å². The third-order valence-electron chi connectivity index (χ3n) is 3.24. The van der Waals surface area contributed by atoms with Crippen LogP contribution in [0, 0.1) is 23.2 Å². The zero-order valence-corrected chi connectivity index (χ0v) is 10.4. The van der Waals surface area contributed by atoms with E-state index in [0.29, 0.717) is 5.25 Å². The van der Waals surface area contributed by atoms with Gasteiger partial charge in [-0.05, 0) is 37.3 Å². The molecular formula is C13H17NOS. The molecule has 0 bridgehead atoms. The molecule has 1 aliphatic rings. The lowest BCUT2D eigenvalue weighted by Gasteiger charge is -2.30. The number of rotatable bonds is 3. The Bertz CT molecular complexity index is 355. The van der Waals surface area contributed by atoms with Crippen LogP contribution >= 0.6 is 11.8 Å². The molecular weight excluding hydrogens is 218 g/mol. The van der Waals surface area contributed by atoms with E-state index < -0.39 is 0 Å². The third-order valence-corrected chi connectivity index (χ3v) is 4.64. The average molecular weight is 235 g/mol. The number of hydrogen-bond donors (Lipinski definition) is 0. The molecule has 1 aromatic heterocycles. The van der Waals surface area contributed by atoms with Crippen LogP contribution in [0.4, 0.5) is 0 Å². The van der Waals surface area contributed by atoms with Crippen LogP contribution in [-0.2, 0) is 5.75 Å². The molecule has 0 aromatic carbocycles. The normalized spacial score (nSPS) is 29.9. The second kappa shape index (κ2) is 5.45. The van der Waals surface area contributed by atoms with Crippen molar-refractivity contribution >= 4 is 11.8 Å². The van der Waals surface area contributed by atoms with E-state index in [1.165, 1.54) is 12.8 Å². The van der Waals surface area contributed by atoms with Gasteiger partial charge in [0, 0.05) is 5.25 Å². The van der Waals surface area contributed by atoms with Gasteiger partial charge in [-0.3, -0.25) is 0 Å². The van der Waals surface area contributed by atoms with Crippen molar-refractivity contribution in [3.63, 3.8) is 0 Å². The standard InChI is InChI=1S/C13H17NOS/c1-10-4-5-11(8-14)13(7-10)16-9-12-3-2-6-15-12/h2-3,6,10-11,13H,4-5,7,9H2,1H3. The quantitative estimate of drug-likeness (QED) is 0.798. The van der Waals surface area contributed by atoms with Gasteiger partial charge in [0.05, 0.1) is 24.0 Å². The first-order chi connectivity index (χ1) is 7.79. The van der Waals surface area contributed by atoms with E-state index >= 15 is 0 Å². The molecule has 3 heteroatoms. The van der Waals surface area contributed by atoms with E-state index in [4.69, 9.17) is 9.68 Å². The summed E-state index contributed by atoms with van der Waals surface area (Å²) in [6.45, 7) is 2.29. The van der Waals surface area contributed by atoms with Gasteiger partial charge in [0.1, 0.15) is 5.76 Å². The Balaban J connectivity index is 1.89. The Kier molecular flexibility index (Phi) is 3.95. The molecule has 1 aliphatic carbocycles. The first-order valence-electron chi connectivity index (χ1n) is 5.83. The predicted molar refractivity (Wildman–Crippen MR) is 65.9 cm³/mol. The summed E-state index contributed by atoms with van der Waals surface area (Å²) in [5, 5.41) is 9.60. The van der Waals surface area contributed by atoms with Crippen LogP contribution in [0.3, 0.4) is 0 Å². The fraction of sp³-hybridized carbons (Fsp3) is 0.615. The smallest absolute Gasteiger partial charge is 0.113 e. The van der Waals surface area contributed by atoms with Crippen LogP contribution in [0.25, 0.3) is 0 Å². The zero-order chi connectivity index (χ0) is 11.4. The summed E-state index contributed by atoms with van der Waals surface area (Å²) < 4.78 is 5.32. The summed E-state index contributed by atoms with van der Waals surface area (Å²) in [5.74, 6) is 2.90. The molecule has 86 valence electrons. The van der Waals surface area contributed by atoms with Crippen LogP contribution < -0.4 is 0 Å². The van der Waals surface area contributed by atoms with Crippen molar-refractivity contribution in [2.75, 3.05) is 0 Å². The highest BCUT2D eigenvalue weighted by atomic mass is 32.2. The van der Waals surface area contributed by atoms with Gasteiger partial charge in [0.15, 0.2) is 0 Å². The van der Waals surface area contributed by atoms with Crippen LogP contribution in [0.1, 0.15) is 31.9 Å². The van der Waals surface area contributed by atoms with Gasteiger partial charge in [-0.15, -0.1) is 11.8 Å². The maximum Gasteiger partial charge on any atom is 0.113 e. The van der Waals surface area contributed by atoms with Crippen molar-refractivity contribution < 1.29 is 4.42 Å². The second-order valence-electron chi connectivity index (χ2n) is 4.58. The predicted octanol–water partition coefficient (Wildman–Crippen LogP) is 3.84. The van der Waals surface area contributed by atoms with Crippen molar-refractivity contribution in [2.24, 2.45) is 11.8 Å². The maximum absolute atomic E-state index is 9.12. The molecule has 0 radical (unpaired) electrons. The molecule has 2 rings (SSSR count). The summed E-state index contributed by atoms with van der Waals surface area (Å²) in [5.41, 5.74) is 0. The van der Waals surface area contributed by atoms with Crippen molar-refractivity contribution in [2.45, 2.75) is 37.2 Å². The fourth-order valence-electron chi connectivity index (χ4n) is 2.24. The maximum atomic E-state index is 9.12. The SMILES string of the molecule is CC1CCC(C#N)C(SCc2ccco2)C1. The van der Waals surface area contributed by atoms with E-state index in [1.54, 1.807) is 6.26 Å². The molecule has 0 N–H and O–H groups in total. The van der Waals surface area contributed by atoms with Gasteiger partial charge in [-0.1, -0.05) is 6.92 Å². The Morgan fingerprint density at radius 3 is 3.12 bits per heavy atom. The van der Waals surface area contributed by atoms with E-state index in [9.17, 15) is 0 Å². The van der Waals surface area contributed by atoms with Crippen LogP contribution in [0.15, 0.2) is 22.8 Å². The van der Waals surface area contributed by atoms with Crippen molar-refractivity contribution in [1.29, 1.82) is 5.26 Å². The number of hydrogen-bond acceptors (Lipinski definition) is 3. The van der Waals surface area contributed by atoms with Gasteiger partial charge < -0.3 is 4.42 Å². The Morgan fingerprint density at radius 2 is 2.44 bits per heavy atom. The number of furan rings is 1. The number of nitrogens with zero attached hydrogens (tertiary/aromatic N) is 1. The minimum atomic E-state index is 0.233. The molecule has 3 unspecified atom stereocenters. The fourth-order valence-corrected chi connectivity index (χ4v) is 3.68. The third kappa shape index (κ3) is 2.82. The molecule has 1 heterocycles. The number of thioether (sulfide) groups is 1. The summed E-state index contributed by atoms with van der Waals surface area (Å²) in [6, 6.07) is 6.37. The Morgan fingerprint density at radius 1 is 1.56 bits per heavy atom. The lowest BCUT2D eigenvalue weighted by molar-refractivity contribution is 0.345. The van der Waals surface area contributed by atoms with E-state index in [0.717, 1.165) is 23.9 Å². The molecule has 16 heavy (non-hydrogen) atoms. The van der Waals surface area contributed by atoms with Crippen LogP contribution in [-0.4, -0.2) is 5.25 Å². The molecule has 1 saturated carbocycles. The first kappa shape index (κ1) is 11.6. The van der Waals surface area contributed by atoms with E-state index in [-0.39, 0.29) is 5.92 Å². The Labute approximate surface area is 101 Å². The summed E-state index contributed by atoms with van der Waals surface area (Å²) >= 11 is 1.88. The highest BCUT2D eigenvalue weighted by Crippen LogP contribution is 2.37. The molecule has 1 fully saturated rings. The van der Waals surface area contributed by atoms with Crippen molar-refractivity contribution in [1.82, 2.24) is 0 Å². The molecule has 2 nitrogen and oxygen atoms in total. The molecule has 1 aromatic rings. The minimum Gasteiger partial charge on any atom is -0.468 e. The molecule has 3 atom stereocenters. The number of nitriles is 1. The molecule has 0 amide bonds. The second-order valence-corrected chi connectivity index (χ2v) is 5.81. The minimum absolute atomic E-state index is 0.233. The van der Waals surface area contributed by atoms with E-state index in [1.807, 2.05) is 23.9 Å². The summed E-state index contributed by atoms with van der Waals surface area (Å²) in [7, 11) is 0. The molecule has 0 saturated heterocycles. The zero-order valence-electron chi connectivity index (χ0n) is 9.56. The van der Waals surface area contributed by atoms with Crippen molar-refractivity contribution in [3.05, 3.63) is 24.2 Å². The van der Waals surface area contributed by atoms with Gasteiger partial charge in [-0.2, -0.15) is 5.26 Å². The Hall–Kier alpha value is -0.880. The summed E-state index contributed by atoms with van der Waals surface area (Å²) in [6.07, 6.45) is 5.15. The molecule has 0 spiro atoms. The van der Waals surface area contributed by atoms with Crippen LogP contribution in [0.2, 0.25) is 0 Å². The topological polar surface area (TPSA) is 36.9 Å². The first-order valence-corrected chi connectivity index (χ1v) is 6.88. The van der Waals surface area contributed by atoms with Gasteiger partial charge in [-0.25, -0.2) is 0 Å². The largest absolute Gasteiger partial charge is 0.468 e. The van der Waals surface area contributed by atoms with Gasteiger partial charge in [0.25, 0.3) is 0 Å². The summed E-state index contributed by atoms with van der Waals surface area (Å²) in [4.78, 5) is 0. The van der Waals surface area contributed by atoms with E-state index in [2.05, 4.69) is 13.0 Å². The highest BCUT2D eigenvalue weighted by Gasteiger charge is 2.28.